The molecule has 1 nitrogen and oxygen atoms in total. The van der Waals surface area contributed by atoms with Gasteiger partial charge >= 0.3 is 26.2 Å². The molecule has 3 fully saturated rings. The second-order valence-electron chi connectivity index (χ2n) is 8.03. The van der Waals surface area contributed by atoms with Gasteiger partial charge in [0.15, 0.2) is 0 Å². The Hall–Kier alpha value is 0.293. The summed E-state index contributed by atoms with van der Waals surface area (Å²) in [6.07, 6.45) is 27.5. The molecule has 0 bridgehead atoms. The van der Waals surface area contributed by atoms with Crippen LogP contribution < -0.4 is 0 Å². The van der Waals surface area contributed by atoms with Crippen LogP contribution in [0.2, 0.25) is 0 Å². The molecule has 0 amide bonds. The van der Waals surface area contributed by atoms with E-state index in [2.05, 4.69) is 31.1 Å². The van der Waals surface area contributed by atoms with Crippen molar-refractivity contribution in [2.45, 2.75) is 117 Å². The molecular weight excluding hydrogens is 393 g/mol. The maximum atomic E-state index is 4.34. The molecule has 26 heavy (non-hydrogen) atoms. The van der Waals surface area contributed by atoms with Gasteiger partial charge in [-0.3, -0.25) is 5.57 Å². The van der Waals surface area contributed by atoms with Gasteiger partial charge in [0.25, 0.3) is 0 Å². The van der Waals surface area contributed by atoms with Crippen molar-refractivity contribution in [3.8, 4) is 0 Å². The average Bonchev–Trinajstić information content (AvgIpc) is 3.41. The van der Waals surface area contributed by atoms with E-state index in [4.69, 9.17) is 0 Å². The normalized spacial score (nSPS) is 26.2. The third-order valence-corrected chi connectivity index (χ3v) is 5.87. The van der Waals surface area contributed by atoms with Crippen LogP contribution in [-0.2, 0) is 26.2 Å². The first kappa shape index (κ1) is 26.3. The van der Waals surface area contributed by atoms with Gasteiger partial charge < -0.3 is 17.3 Å². The molecule has 3 saturated carbocycles. The third kappa shape index (κ3) is 12.6. The summed E-state index contributed by atoms with van der Waals surface area (Å²) in [5.41, 5.74) is 1.50. The molecule has 0 N–H and O–H groups in total. The van der Waals surface area contributed by atoms with Crippen LogP contribution in [0.4, 0.5) is 0 Å². The summed E-state index contributed by atoms with van der Waals surface area (Å²) in [6.45, 7) is 7.52. The fourth-order valence-corrected chi connectivity index (χ4v) is 3.99. The van der Waals surface area contributed by atoms with Gasteiger partial charge in [-0.1, -0.05) is 96.8 Å². The molecule has 0 radical (unpaired) electrons. The van der Waals surface area contributed by atoms with E-state index in [1.807, 2.05) is 6.92 Å². The zero-order valence-electron chi connectivity index (χ0n) is 17.9. The predicted octanol–water partition coefficient (Wildman–Crippen LogP) is 7.82. The van der Waals surface area contributed by atoms with Gasteiger partial charge in [0.05, 0.1) is 0 Å². The van der Waals surface area contributed by atoms with E-state index in [1.165, 1.54) is 95.5 Å². The standard InChI is InChI=1S/C14H23N.2C5H10.Zr/c1-4-6-10-15-11-9-14-12(3)7-8-13(14)5-2;2*1-2-4-5-3-1;/h12,14H,4,6-10H2,1-3H3;2*1-5H2;/q-2;;;+4/t12-,14+;;;/m0.../s1. The molecule has 3 rings (SSSR count). The molecular formula is C24H43NZr+2. The van der Waals surface area contributed by atoms with Gasteiger partial charge in [-0.05, 0) is 25.3 Å². The van der Waals surface area contributed by atoms with Crippen LogP contribution in [0.25, 0.3) is 0 Å². The van der Waals surface area contributed by atoms with Gasteiger partial charge in [0, 0.05) is 0 Å². The number of nitrogens with zero attached hydrogens (tertiary/aromatic N) is 1. The van der Waals surface area contributed by atoms with Crippen LogP contribution in [-0.4, -0.2) is 12.8 Å². The van der Waals surface area contributed by atoms with E-state index >= 15 is 0 Å². The van der Waals surface area contributed by atoms with E-state index in [9.17, 15) is 0 Å². The minimum absolute atomic E-state index is 0. The summed E-state index contributed by atoms with van der Waals surface area (Å²) in [7, 11) is 0. The van der Waals surface area contributed by atoms with Gasteiger partial charge in [-0.15, -0.1) is 0 Å². The molecule has 0 aromatic rings. The predicted molar refractivity (Wildman–Crippen MR) is 112 cm³/mol. The largest absolute Gasteiger partial charge is 4.00 e. The fraction of sp³-hybridized carbons (Fsp3) is 0.875. The Morgan fingerprint density at radius 1 is 0.923 bits per heavy atom. The Kier molecular flexibility index (Phi) is 18.9. The minimum Gasteiger partial charge on any atom is -0.503 e. The Bertz CT molecular complexity index is 328. The van der Waals surface area contributed by atoms with Crippen LogP contribution in [0.3, 0.4) is 0 Å². The van der Waals surface area contributed by atoms with Gasteiger partial charge in [0.2, 0.25) is 0 Å². The number of unbranched alkanes of at least 4 members (excludes halogenated alkanes) is 1. The summed E-state index contributed by atoms with van der Waals surface area (Å²) < 4.78 is 0. The molecule has 0 aromatic heterocycles. The van der Waals surface area contributed by atoms with Gasteiger partial charge in [0.1, 0.15) is 0 Å². The first-order valence-corrected chi connectivity index (χ1v) is 11.2. The van der Waals surface area contributed by atoms with E-state index in [0.717, 1.165) is 18.9 Å². The molecule has 0 aliphatic heterocycles. The van der Waals surface area contributed by atoms with Crippen LogP contribution in [0.15, 0.2) is 10.6 Å². The van der Waals surface area contributed by atoms with Crippen LogP contribution in [0, 0.1) is 17.9 Å². The summed E-state index contributed by atoms with van der Waals surface area (Å²) in [5.74, 6) is 1.46. The molecule has 3 aliphatic rings. The number of hydrogen-bond acceptors (Lipinski definition) is 1. The molecule has 2 atom stereocenters. The smallest absolute Gasteiger partial charge is 0.503 e. The Morgan fingerprint density at radius 2 is 1.42 bits per heavy atom. The fourth-order valence-electron chi connectivity index (χ4n) is 3.99. The van der Waals surface area contributed by atoms with E-state index in [-0.39, 0.29) is 26.2 Å². The van der Waals surface area contributed by atoms with Crippen molar-refractivity contribution < 1.29 is 26.2 Å². The average molecular weight is 437 g/mol. The van der Waals surface area contributed by atoms with Crippen LogP contribution >= 0.6 is 0 Å². The quantitative estimate of drug-likeness (QED) is 0.236. The minimum atomic E-state index is 0. The summed E-state index contributed by atoms with van der Waals surface area (Å²) in [6, 6.07) is 0. The van der Waals surface area contributed by atoms with E-state index in [1.54, 1.807) is 0 Å². The first-order chi connectivity index (χ1) is 12.3. The van der Waals surface area contributed by atoms with Crippen molar-refractivity contribution in [1.82, 2.24) is 0 Å². The van der Waals surface area contributed by atoms with Crippen molar-refractivity contribution in [2.75, 3.05) is 6.54 Å². The number of hydrogen-bond donors (Lipinski definition) is 0. The molecule has 2 heteroatoms. The maximum Gasteiger partial charge on any atom is 4.00 e. The molecule has 0 aromatic carbocycles. The first-order valence-electron chi connectivity index (χ1n) is 11.2. The van der Waals surface area contributed by atoms with Crippen molar-refractivity contribution in [3.05, 3.63) is 11.6 Å². The topological polar surface area (TPSA) is 12.4 Å². The molecule has 146 valence electrons. The Balaban J connectivity index is 0.000000460. The molecule has 0 saturated heterocycles. The molecule has 0 heterocycles. The monoisotopic (exact) mass is 435 g/mol. The third-order valence-electron chi connectivity index (χ3n) is 5.87. The maximum absolute atomic E-state index is 4.34. The van der Waals surface area contributed by atoms with Crippen molar-refractivity contribution in [3.63, 3.8) is 0 Å². The Morgan fingerprint density at radius 3 is 1.85 bits per heavy atom. The molecule has 0 spiro atoms. The number of allylic oxidation sites excluding steroid dienone is 2. The zero-order chi connectivity index (χ0) is 18.2. The second kappa shape index (κ2) is 18.6. The summed E-state index contributed by atoms with van der Waals surface area (Å²) in [4.78, 5) is 4.34. The number of aliphatic imine (C=N–C) groups is 1. The number of rotatable bonds is 5. The summed E-state index contributed by atoms with van der Waals surface area (Å²) in [5, 5.41) is 0. The van der Waals surface area contributed by atoms with E-state index < -0.39 is 0 Å². The molecule has 3 aliphatic carbocycles. The second-order valence-corrected chi connectivity index (χ2v) is 8.03. The van der Waals surface area contributed by atoms with Crippen LogP contribution in [0.1, 0.15) is 117 Å². The SMILES string of the molecule is C1CCCC1.C1CCCC1.C[C-]=C1CC[C@H](C)[C@H]1C[C-]=NCCCC.[Zr+4]. The summed E-state index contributed by atoms with van der Waals surface area (Å²) >= 11 is 0. The van der Waals surface area contributed by atoms with Gasteiger partial charge in [-0.25, -0.2) is 0 Å². The van der Waals surface area contributed by atoms with Crippen LogP contribution in [0.5, 0.6) is 0 Å². The van der Waals surface area contributed by atoms with Gasteiger partial charge in [-0.2, -0.15) is 13.3 Å². The Labute approximate surface area is 184 Å². The van der Waals surface area contributed by atoms with Crippen molar-refractivity contribution in [2.24, 2.45) is 16.8 Å². The van der Waals surface area contributed by atoms with Crippen molar-refractivity contribution >= 4 is 6.21 Å². The van der Waals surface area contributed by atoms with E-state index in [0.29, 0.717) is 5.92 Å². The van der Waals surface area contributed by atoms with Crippen molar-refractivity contribution in [1.29, 1.82) is 0 Å². The molecule has 0 unspecified atom stereocenters. The zero-order valence-corrected chi connectivity index (χ0v) is 20.4.